The van der Waals surface area contributed by atoms with Gasteiger partial charge >= 0.3 is 0 Å². The average molecular weight is 287 g/mol. The Kier molecular flexibility index (Phi) is 6.27. The first kappa shape index (κ1) is 16.4. The minimum atomic E-state index is -0.476. The Balaban J connectivity index is 2.91. The van der Waals surface area contributed by atoms with Gasteiger partial charge in [-0.1, -0.05) is 27.7 Å². The van der Waals surface area contributed by atoms with Gasteiger partial charge in [0.25, 0.3) is 0 Å². The van der Waals surface area contributed by atoms with E-state index in [1.54, 1.807) is 0 Å². The molecule has 0 heterocycles. The molecule has 0 saturated heterocycles. The lowest BCUT2D eigenvalue weighted by Crippen LogP contribution is -2.21. The van der Waals surface area contributed by atoms with Crippen molar-refractivity contribution in [2.45, 2.75) is 56.7 Å². The van der Waals surface area contributed by atoms with Gasteiger partial charge in [0.05, 0.1) is 4.90 Å². The minimum absolute atomic E-state index is 0.0492. The summed E-state index contributed by atoms with van der Waals surface area (Å²) in [5.74, 6) is -0.580. The molecule has 0 amide bonds. The van der Waals surface area contributed by atoms with Gasteiger partial charge in [0, 0.05) is 11.3 Å². The molecule has 1 rings (SSSR count). The van der Waals surface area contributed by atoms with Crippen molar-refractivity contribution in [2.75, 3.05) is 0 Å². The molecule has 2 unspecified atom stereocenters. The lowest BCUT2D eigenvalue weighted by molar-refractivity contribution is 0.531. The second-order valence-electron chi connectivity index (χ2n) is 5.33. The van der Waals surface area contributed by atoms with Gasteiger partial charge in [0.15, 0.2) is 0 Å². The molecule has 0 aliphatic heterocycles. The number of halogens is 2. The van der Waals surface area contributed by atoms with Crippen LogP contribution in [0.2, 0.25) is 0 Å². The Hall–Kier alpha value is -0.610. The second kappa shape index (κ2) is 7.25. The third kappa shape index (κ3) is 4.77. The van der Waals surface area contributed by atoms with Crippen LogP contribution in [0.4, 0.5) is 8.78 Å². The standard InChI is InChI=1S/C15H23F2NS/c1-5-12(18)6-11-7-13(16)15(14(17)8-11)19-10(4)9(2)3/h7-10,12H,5-6,18H2,1-4H3. The SMILES string of the molecule is CCC(N)Cc1cc(F)c(SC(C)C(C)C)c(F)c1. The molecule has 2 atom stereocenters. The fourth-order valence-electron chi connectivity index (χ4n) is 1.61. The lowest BCUT2D eigenvalue weighted by Gasteiger charge is -2.17. The van der Waals surface area contributed by atoms with Crippen molar-refractivity contribution in [1.82, 2.24) is 0 Å². The largest absolute Gasteiger partial charge is 0.327 e. The highest BCUT2D eigenvalue weighted by Crippen LogP contribution is 2.32. The maximum Gasteiger partial charge on any atom is 0.140 e. The van der Waals surface area contributed by atoms with E-state index in [4.69, 9.17) is 5.73 Å². The van der Waals surface area contributed by atoms with Crippen LogP contribution in [0.1, 0.15) is 39.7 Å². The van der Waals surface area contributed by atoms with Crippen LogP contribution in [0.3, 0.4) is 0 Å². The van der Waals surface area contributed by atoms with Gasteiger partial charge in [-0.2, -0.15) is 0 Å². The summed E-state index contributed by atoms with van der Waals surface area (Å²) in [4.78, 5) is 0.120. The molecule has 0 aliphatic carbocycles. The van der Waals surface area contributed by atoms with Gasteiger partial charge in [-0.3, -0.25) is 0 Å². The van der Waals surface area contributed by atoms with E-state index in [-0.39, 0.29) is 16.2 Å². The fourth-order valence-corrected chi connectivity index (χ4v) is 2.60. The van der Waals surface area contributed by atoms with Gasteiger partial charge in [-0.05, 0) is 36.5 Å². The van der Waals surface area contributed by atoms with E-state index in [1.165, 1.54) is 23.9 Å². The van der Waals surface area contributed by atoms with Crippen LogP contribution in [0.5, 0.6) is 0 Å². The molecule has 0 spiro atoms. The zero-order valence-electron chi connectivity index (χ0n) is 12.0. The van der Waals surface area contributed by atoms with Gasteiger partial charge < -0.3 is 5.73 Å². The highest BCUT2D eigenvalue weighted by atomic mass is 32.2. The van der Waals surface area contributed by atoms with Crippen LogP contribution >= 0.6 is 11.8 Å². The summed E-state index contributed by atoms with van der Waals surface area (Å²) < 4.78 is 28.0. The molecule has 19 heavy (non-hydrogen) atoms. The molecule has 1 nitrogen and oxygen atoms in total. The number of benzene rings is 1. The van der Waals surface area contributed by atoms with Crippen LogP contribution < -0.4 is 5.73 Å². The fraction of sp³-hybridized carbons (Fsp3) is 0.600. The normalized spacial score (nSPS) is 14.7. The topological polar surface area (TPSA) is 26.0 Å². The molecule has 0 radical (unpaired) electrons. The molecular formula is C15H23F2NS. The smallest absolute Gasteiger partial charge is 0.140 e. The second-order valence-corrected chi connectivity index (χ2v) is 6.72. The number of nitrogens with two attached hydrogens (primary N) is 1. The molecular weight excluding hydrogens is 264 g/mol. The van der Waals surface area contributed by atoms with Crippen LogP contribution in [0.15, 0.2) is 17.0 Å². The third-order valence-electron chi connectivity index (χ3n) is 3.32. The van der Waals surface area contributed by atoms with Crippen molar-refractivity contribution < 1.29 is 8.78 Å². The lowest BCUT2D eigenvalue weighted by atomic mass is 10.0. The van der Waals surface area contributed by atoms with Crippen molar-refractivity contribution in [1.29, 1.82) is 0 Å². The van der Waals surface area contributed by atoms with Crippen LogP contribution in [-0.4, -0.2) is 11.3 Å². The summed E-state index contributed by atoms with van der Waals surface area (Å²) in [5, 5.41) is 0.174. The Bertz CT molecular complexity index is 398. The van der Waals surface area contributed by atoms with E-state index in [1.807, 2.05) is 27.7 Å². The minimum Gasteiger partial charge on any atom is -0.327 e. The average Bonchev–Trinajstić information content (AvgIpc) is 2.33. The maximum atomic E-state index is 14.0. The molecule has 0 saturated carbocycles. The Morgan fingerprint density at radius 3 is 2.11 bits per heavy atom. The number of hydrogen-bond acceptors (Lipinski definition) is 2. The molecule has 4 heteroatoms. The maximum absolute atomic E-state index is 14.0. The Morgan fingerprint density at radius 1 is 1.16 bits per heavy atom. The Labute approximate surface area is 119 Å². The molecule has 0 bridgehead atoms. The zero-order valence-corrected chi connectivity index (χ0v) is 12.9. The van der Waals surface area contributed by atoms with E-state index in [0.29, 0.717) is 17.9 Å². The molecule has 2 N–H and O–H groups in total. The molecule has 0 aromatic heterocycles. The van der Waals surface area contributed by atoms with Crippen LogP contribution in [-0.2, 0) is 6.42 Å². The van der Waals surface area contributed by atoms with Crippen molar-refractivity contribution in [2.24, 2.45) is 11.7 Å². The number of thioether (sulfide) groups is 1. The predicted molar refractivity (Wildman–Crippen MR) is 78.5 cm³/mol. The van der Waals surface area contributed by atoms with E-state index in [0.717, 1.165) is 6.42 Å². The Morgan fingerprint density at radius 2 is 1.68 bits per heavy atom. The van der Waals surface area contributed by atoms with Crippen molar-refractivity contribution in [3.63, 3.8) is 0 Å². The van der Waals surface area contributed by atoms with E-state index >= 15 is 0 Å². The summed E-state index contributed by atoms with van der Waals surface area (Å²) in [6.45, 7) is 8.03. The summed E-state index contributed by atoms with van der Waals surface area (Å²) >= 11 is 1.26. The van der Waals surface area contributed by atoms with Crippen LogP contribution in [0, 0.1) is 17.6 Å². The van der Waals surface area contributed by atoms with E-state index < -0.39 is 11.6 Å². The summed E-state index contributed by atoms with van der Waals surface area (Å²) in [6.07, 6.45) is 1.30. The van der Waals surface area contributed by atoms with Crippen molar-refractivity contribution in [3.8, 4) is 0 Å². The van der Waals surface area contributed by atoms with Gasteiger partial charge in [0.1, 0.15) is 11.6 Å². The zero-order chi connectivity index (χ0) is 14.6. The molecule has 0 fully saturated rings. The van der Waals surface area contributed by atoms with Crippen molar-refractivity contribution in [3.05, 3.63) is 29.3 Å². The summed E-state index contributed by atoms with van der Waals surface area (Å²) in [7, 11) is 0. The quantitative estimate of drug-likeness (QED) is 0.786. The molecule has 0 aliphatic rings. The summed E-state index contributed by atoms with van der Waals surface area (Å²) in [6, 6.07) is 2.77. The monoisotopic (exact) mass is 287 g/mol. The van der Waals surface area contributed by atoms with Crippen molar-refractivity contribution >= 4 is 11.8 Å². The molecule has 1 aromatic rings. The molecule has 1 aromatic carbocycles. The third-order valence-corrected chi connectivity index (χ3v) is 4.86. The summed E-state index contributed by atoms with van der Waals surface area (Å²) in [5.41, 5.74) is 6.44. The van der Waals surface area contributed by atoms with Gasteiger partial charge in [0.2, 0.25) is 0 Å². The van der Waals surface area contributed by atoms with Gasteiger partial charge in [-0.15, -0.1) is 11.8 Å². The van der Waals surface area contributed by atoms with E-state index in [2.05, 4.69) is 0 Å². The molecule has 108 valence electrons. The predicted octanol–water partition coefficient (Wildman–Crippen LogP) is 4.38. The van der Waals surface area contributed by atoms with E-state index in [9.17, 15) is 8.78 Å². The first-order valence-electron chi connectivity index (χ1n) is 6.75. The van der Waals surface area contributed by atoms with Gasteiger partial charge in [-0.25, -0.2) is 8.78 Å². The number of rotatable bonds is 6. The van der Waals surface area contributed by atoms with Crippen LogP contribution in [0.25, 0.3) is 0 Å². The first-order chi connectivity index (χ1) is 8.85. The number of hydrogen-bond donors (Lipinski definition) is 1. The highest BCUT2D eigenvalue weighted by molar-refractivity contribution is 8.00. The highest BCUT2D eigenvalue weighted by Gasteiger charge is 2.17. The first-order valence-corrected chi connectivity index (χ1v) is 7.63.